The van der Waals surface area contributed by atoms with Crippen molar-refractivity contribution in [3.8, 4) is 11.5 Å². The van der Waals surface area contributed by atoms with E-state index in [0.29, 0.717) is 17.5 Å². The normalized spacial score (nSPS) is 18.5. The Morgan fingerprint density at radius 1 is 0.893 bits per heavy atom. The molecule has 2 fully saturated rings. The van der Waals surface area contributed by atoms with Crippen LogP contribution in [-0.4, -0.2) is 83.0 Å². The Balaban J connectivity index is 1.05. The molecule has 0 atom stereocenters. The Hall–Kier alpha value is -4.35. The van der Waals surface area contributed by atoms with Crippen molar-refractivity contribution >= 4 is 44.5 Å². The zero-order valence-corrected chi connectivity index (χ0v) is 34.6. The van der Waals surface area contributed by atoms with Gasteiger partial charge in [-0.2, -0.15) is 0 Å². The average molecular weight is 796 g/mol. The first-order chi connectivity index (χ1) is 26.8. The molecule has 296 valence electrons. The van der Waals surface area contributed by atoms with E-state index in [9.17, 15) is 13.2 Å². The number of carbonyl (C=O) groups excluding carboxylic acids is 1. The van der Waals surface area contributed by atoms with Crippen molar-refractivity contribution in [3.05, 3.63) is 118 Å². The van der Waals surface area contributed by atoms with Gasteiger partial charge >= 0.3 is 0 Å². The molecule has 0 radical (unpaired) electrons. The van der Waals surface area contributed by atoms with E-state index >= 15 is 0 Å². The number of nitrogens with zero attached hydrogens (tertiary/aromatic N) is 3. The van der Waals surface area contributed by atoms with Crippen molar-refractivity contribution in [2.75, 3.05) is 63.1 Å². The van der Waals surface area contributed by atoms with E-state index in [-0.39, 0.29) is 15.9 Å². The number of rotatable bonds is 11. The van der Waals surface area contributed by atoms with Gasteiger partial charge in [0.05, 0.1) is 10.5 Å². The minimum absolute atomic E-state index is 0.0327. The quantitative estimate of drug-likeness (QED) is 0.156. The second-order valence-electron chi connectivity index (χ2n) is 16.4. The Morgan fingerprint density at radius 3 is 2.30 bits per heavy atom. The highest BCUT2D eigenvalue weighted by Gasteiger charge is 2.30. The van der Waals surface area contributed by atoms with E-state index in [4.69, 9.17) is 16.3 Å². The van der Waals surface area contributed by atoms with Gasteiger partial charge in [-0.15, -0.1) is 0 Å². The number of amides is 1. The lowest BCUT2D eigenvalue weighted by Gasteiger charge is -2.39. The number of hydrogen-bond acceptors (Lipinski definition) is 8. The van der Waals surface area contributed by atoms with Crippen LogP contribution in [0.3, 0.4) is 0 Å². The van der Waals surface area contributed by atoms with Gasteiger partial charge in [0.15, 0.2) is 0 Å². The summed E-state index contributed by atoms with van der Waals surface area (Å²) in [6.07, 6.45) is 5.37. The maximum Gasteiger partial charge on any atom is 0.268 e. The van der Waals surface area contributed by atoms with Gasteiger partial charge in [0.2, 0.25) is 0 Å². The van der Waals surface area contributed by atoms with Crippen molar-refractivity contribution in [1.82, 2.24) is 14.5 Å². The lowest BCUT2D eigenvalue weighted by Crippen LogP contribution is -2.47. The highest BCUT2D eigenvalue weighted by atomic mass is 35.5. The summed E-state index contributed by atoms with van der Waals surface area (Å²) >= 11 is 6.24. The Labute approximate surface area is 337 Å². The number of piperidine rings is 1. The molecule has 1 aliphatic carbocycles. The summed E-state index contributed by atoms with van der Waals surface area (Å²) in [6, 6.07) is 28.2. The Kier molecular flexibility index (Phi) is 12.1. The van der Waals surface area contributed by atoms with Gasteiger partial charge in [-0.05, 0) is 136 Å². The van der Waals surface area contributed by atoms with Crippen LogP contribution in [0.2, 0.25) is 5.02 Å². The average Bonchev–Trinajstić information content (AvgIpc) is 3.18. The molecule has 2 saturated heterocycles. The molecule has 4 aromatic carbocycles. The third-order valence-corrected chi connectivity index (χ3v) is 13.1. The van der Waals surface area contributed by atoms with Gasteiger partial charge in [-0.25, -0.2) is 13.1 Å². The fourth-order valence-electron chi connectivity index (χ4n) is 8.07. The lowest BCUT2D eigenvalue weighted by molar-refractivity contribution is 0.0979. The Morgan fingerprint density at radius 2 is 1.61 bits per heavy atom. The highest BCUT2D eigenvalue weighted by Crippen LogP contribution is 2.43. The number of ether oxygens (including phenoxy) is 1. The van der Waals surface area contributed by atoms with Crippen LogP contribution in [0.4, 0.5) is 11.4 Å². The maximum atomic E-state index is 13.8. The van der Waals surface area contributed by atoms with Crippen LogP contribution < -0.4 is 19.7 Å². The molecule has 2 heterocycles. The molecule has 0 unspecified atom stereocenters. The van der Waals surface area contributed by atoms with Crippen LogP contribution in [0.25, 0.3) is 5.57 Å². The molecule has 11 heteroatoms. The van der Waals surface area contributed by atoms with Crippen molar-refractivity contribution in [3.63, 3.8) is 0 Å². The standard InChI is InChI=1S/C45H54ClN5O4S/c1-32-28-39(15-17-42(32)47-36-19-22-49(4)23-20-36)56(53,54)48-44(52)40-16-14-37(29-43(40)55-38-8-6-5-7-9-38)51-26-24-50(25-27-51)31-34-18-21-45(2,3)30-41(34)33-10-12-35(46)13-11-33/h5-17,28-29,36,47H,18-27,30-31H2,1-4H3,(H,48,52). The van der Waals surface area contributed by atoms with Crippen LogP contribution in [0.5, 0.6) is 11.5 Å². The van der Waals surface area contributed by atoms with E-state index in [2.05, 4.69) is 57.8 Å². The number of sulfonamides is 1. The number of para-hydroxylation sites is 1. The fourth-order valence-corrected chi connectivity index (χ4v) is 9.24. The third kappa shape index (κ3) is 9.77. The van der Waals surface area contributed by atoms with Gasteiger partial charge in [0, 0.05) is 61.2 Å². The van der Waals surface area contributed by atoms with Crippen molar-refractivity contribution in [2.24, 2.45) is 5.41 Å². The van der Waals surface area contributed by atoms with Crippen LogP contribution in [0, 0.1) is 12.3 Å². The number of benzene rings is 4. The molecule has 2 aliphatic heterocycles. The van der Waals surface area contributed by atoms with Gasteiger partial charge < -0.3 is 19.9 Å². The summed E-state index contributed by atoms with van der Waals surface area (Å²) in [4.78, 5) is 21.0. The molecular formula is C45H54ClN5O4S. The van der Waals surface area contributed by atoms with Gasteiger partial charge in [-0.3, -0.25) is 9.69 Å². The molecular weight excluding hydrogens is 742 g/mol. The topological polar surface area (TPSA) is 94.2 Å². The van der Waals surface area contributed by atoms with Crippen LogP contribution in [-0.2, 0) is 10.0 Å². The number of piperazine rings is 1. The second kappa shape index (κ2) is 17.0. The monoisotopic (exact) mass is 795 g/mol. The number of hydrogen-bond donors (Lipinski definition) is 2. The van der Waals surface area contributed by atoms with Crippen molar-refractivity contribution in [1.29, 1.82) is 0 Å². The summed E-state index contributed by atoms with van der Waals surface area (Å²) in [5.41, 5.74) is 7.25. The number of anilines is 2. The molecule has 1 amide bonds. The summed E-state index contributed by atoms with van der Waals surface area (Å²) in [6.45, 7) is 13.0. The molecule has 7 rings (SSSR count). The molecule has 0 spiro atoms. The minimum Gasteiger partial charge on any atom is -0.456 e. The van der Waals surface area contributed by atoms with E-state index in [1.165, 1.54) is 23.1 Å². The first-order valence-corrected chi connectivity index (χ1v) is 21.6. The number of carbonyl (C=O) groups is 1. The molecule has 9 nitrogen and oxygen atoms in total. The summed E-state index contributed by atoms with van der Waals surface area (Å²) in [5, 5.41) is 4.33. The number of allylic oxidation sites excluding steroid dienone is 1. The largest absolute Gasteiger partial charge is 0.456 e. The van der Waals surface area contributed by atoms with E-state index in [0.717, 1.165) is 93.5 Å². The summed E-state index contributed by atoms with van der Waals surface area (Å²) in [5.74, 6) is 0.0919. The smallest absolute Gasteiger partial charge is 0.268 e. The highest BCUT2D eigenvalue weighted by molar-refractivity contribution is 7.90. The zero-order chi connectivity index (χ0) is 39.5. The van der Waals surface area contributed by atoms with Crippen molar-refractivity contribution < 1.29 is 17.9 Å². The first kappa shape index (κ1) is 39.9. The summed E-state index contributed by atoms with van der Waals surface area (Å²) in [7, 11) is -2.05. The Bertz CT molecular complexity index is 2160. The van der Waals surface area contributed by atoms with E-state index in [1.54, 1.807) is 24.3 Å². The number of halogens is 1. The molecule has 0 bridgehead atoms. The molecule has 0 aromatic heterocycles. The van der Waals surface area contributed by atoms with Crippen LogP contribution >= 0.6 is 11.6 Å². The van der Waals surface area contributed by atoms with Crippen molar-refractivity contribution in [2.45, 2.75) is 63.8 Å². The number of nitrogens with one attached hydrogen (secondary N) is 2. The molecule has 2 N–H and O–H groups in total. The fraction of sp³-hybridized carbons (Fsp3) is 0.400. The number of likely N-dealkylation sites (tertiary alicyclic amines) is 1. The van der Waals surface area contributed by atoms with E-state index in [1.807, 2.05) is 61.5 Å². The number of aryl methyl sites for hydroxylation is 1. The molecule has 0 saturated carbocycles. The lowest BCUT2D eigenvalue weighted by atomic mass is 9.72. The van der Waals surface area contributed by atoms with Crippen LogP contribution in [0.15, 0.2) is 101 Å². The predicted molar refractivity (Wildman–Crippen MR) is 228 cm³/mol. The predicted octanol–water partition coefficient (Wildman–Crippen LogP) is 8.85. The van der Waals surface area contributed by atoms with Gasteiger partial charge in [0.1, 0.15) is 11.5 Å². The maximum absolute atomic E-state index is 13.8. The van der Waals surface area contributed by atoms with E-state index < -0.39 is 15.9 Å². The minimum atomic E-state index is -4.17. The molecule has 3 aliphatic rings. The molecule has 4 aromatic rings. The van der Waals surface area contributed by atoms with Crippen LogP contribution in [0.1, 0.15) is 67.4 Å². The SMILES string of the molecule is Cc1cc(S(=O)(=O)NC(=O)c2ccc(N3CCN(CC4=C(c5ccc(Cl)cc5)CC(C)(C)CC4)CC3)cc2Oc2ccccc2)ccc1NC1CCN(C)CC1. The first-order valence-electron chi connectivity index (χ1n) is 19.8. The summed E-state index contributed by atoms with van der Waals surface area (Å²) < 4.78 is 35.8. The zero-order valence-electron chi connectivity index (χ0n) is 33.0. The third-order valence-electron chi connectivity index (χ3n) is 11.5. The van der Waals surface area contributed by atoms with Gasteiger partial charge in [0.25, 0.3) is 15.9 Å². The van der Waals surface area contributed by atoms with Gasteiger partial charge in [-0.1, -0.05) is 61.4 Å². The second-order valence-corrected chi connectivity index (χ2v) is 18.5. The molecule has 56 heavy (non-hydrogen) atoms.